The molecule has 32 heavy (non-hydrogen) atoms. The topological polar surface area (TPSA) is 102 Å². The van der Waals surface area contributed by atoms with Gasteiger partial charge in [-0.3, -0.25) is 4.79 Å². The van der Waals surface area contributed by atoms with Crippen molar-refractivity contribution in [2.75, 3.05) is 6.79 Å². The Morgan fingerprint density at radius 1 is 0.938 bits per heavy atom. The lowest BCUT2D eigenvalue weighted by Crippen LogP contribution is -2.48. The minimum absolute atomic E-state index is 0.00615. The van der Waals surface area contributed by atoms with E-state index < -0.39 is 22.0 Å². The van der Waals surface area contributed by atoms with Crippen LogP contribution in [-0.2, 0) is 27.8 Å². The number of hydrogen-bond donors (Lipinski definition) is 1. The molecular weight excluding hydrogens is 434 g/mol. The molecule has 0 aliphatic carbocycles. The minimum Gasteiger partial charge on any atom is -0.480 e. The van der Waals surface area contributed by atoms with Crippen molar-refractivity contribution < 1.29 is 32.5 Å². The summed E-state index contributed by atoms with van der Waals surface area (Å²) in [5.41, 5.74) is 1.43. The standard InChI is InChI=1S/C23H19NO7S/c25-23(26)20-10-15-11-21-22(30-14-29-21)12-16(15)13-24(20)32(27,28)19-8-6-18(7-9-19)31-17-4-2-1-3-5-17/h1-9,11-12,20H,10,13-14H2,(H,25,26)/t20-/m1/s1. The summed E-state index contributed by atoms with van der Waals surface area (Å²) in [6.07, 6.45) is 0.0374. The first-order valence-corrected chi connectivity index (χ1v) is 11.3. The molecule has 3 aromatic carbocycles. The molecule has 2 aliphatic rings. The largest absolute Gasteiger partial charge is 0.480 e. The Balaban J connectivity index is 1.44. The smallest absolute Gasteiger partial charge is 0.322 e. The normalized spacial score (nSPS) is 17.6. The van der Waals surface area contributed by atoms with Gasteiger partial charge in [-0.2, -0.15) is 4.31 Å². The second-order valence-corrected chi connectivity index (χ2v) is 9.36. The Bertz CT molecular complexity index is 1270. The van der Waals surface area contributed by atoms with Gasteiger partial charge in [-0.15, -0.1) is 0 Å². The summed E-state index contributed by atoms with van der Waals surface area (Å²) in [5.74, 6) is 0.957. The molecule has 9 heteroatoms. The van der Waals surface area contributed by atoms with E-state index >= 15 is 0 Å². The molecule has 8 nitrogen and oxygen atoms in total. The summed E-state index contributed by atoms with van der Waals surface area (Å²) in [5, 5.41) is 9.76. The van der Waals surface area contributed by atoms with Crippen molar-refractivity contribution in [3.8, 4) is 23.0 Å². The van der Waals surface area contributed by atoms with E-state index in [1.54, 1.807) is 36.4 Å². The highest BCUT2D eigenvalue weighted by Crippen LogP contribution is 2.39. The van der Waals surface area contributed by atoms with Crippen LogP contribution in [0.5, 0.6) is 23.0 Å². The van der Waals surface area contributed by atoms with Crippen LogP contribution in [0.25, 0.3) is 0 Å². The molecule has 0 fully saturated rings. The molecular formula is C23H19NO7S. The number of hydrogen-bond acceptors (Lipinski definition) is 6. The Morgan fingerprint density at radius 2 is 1.56 bits per heavy atom. The highest BCUT2D eigenvalue weighted by atomic mass is 32.2. The number of sulfonamides is 1. The van der Waals surface area contributed by atoms with Gasteiger partial charge in [0.25, 0.3) is 0 Å². The Kier molecular flexibility index (Phi) is 4.99. The van der Waals surface area contributed by atoms with Crippen LogP contribution < -0.4 is 14.2 Å². The molecule has 0 saturated heterocycles. The van der Waals surface area contributed by atoms with Gasteiger partial charge in [-0.1, -0.05) is 18.2 Å². The molecule has 0 aromatic heterocycles. The van der Waals surface area contributed by atoms with E-state index in [1.807, 2.05) is 18.2 Å². The van der Waals surface area contributed by atoms with E-state index in [0.717, 1.165) is 9.87 Å². The summed E-state index contributed by atoms with van der Waals surface area (Å²) in [4.78, 5) is 12.0. The second kappa shape index (κ2) is 7.85. The van der Waals surface area contributed by atoms with E-state index in [2.05, 4.69) is 0 Å². The third-order valence-corrected chi connectivity index (χ3v) is 7.35. The summed E-state index contributed by atoms with van der Waals surface area (Å²) in [6, 6.07) is 17.3. The van der Waals surface area contributed by atoms with E-state index in [-0.39, 0.29) is 24.7 Å². The minimum atomic E-state index is -4.08. The number of carboxylic acid groups (broad SMARTS) is 1. The maximum Gasteiger partial charge on any atom is 0.322 e. The highest BCUT2D eigenvalue weighted by molar-refractivity contribution is 7.89. The number of rotatable bonds is 5. The highest BCUT2D eigenvalue weighted by Gasteiger charge is 2.40. The van der Waals surface area contributed by atoms with E-state index in [1.165, 1.54) is 12.1 Å². The van der Waals surface area contributed by atoms with Gasteiger partial charge in [0.15, 0.2) is 11.5 Å². The van der Waals surface area contributed by atoms with Crippen LogP contribution in [0.15, 0.2) is 71.6 Å². The Morgan fingerprint density at radius 3 is 2.22 bits per heavy atom. The number of benzene rings is 3. The van der Waals surface area contributed by atoms with Gasteiger partial charge in [0.05, 0.1) is 4.90 Å². The summed E-state index contributed by atoms with van der Waals surface area (Å²) in [7, 11) is -4.08. The monoisotopic (exact) mass is 453 g/mol. The number of carboxylic acids is 1. The first-order valence-electron chi connectivity index (χ1n) is 9.91. The lowest BCUT2D eigenvalue weighted by atomic mass is 9.95. The van der Waals surface area contributed by atoms with Gasteiger partial charge in [0.2, 0.25) is 16.8 Å². The van der Waals surface area contributed by atoms with Crippen molar-refractivity contribution in [1.82, 2.24) is 4.31 Å². The van der Waals surface area contributed by atoms with Crippen LogP contribution >= 0.6 is 0 Å². The van der Waals surface area contributed by atoms with E-state index in [9.17, 15) is 18.3 Å². The summed E-state index contributed by atoms with van der Waals surface area (Å²) in [6.45, 7) is 0.00748. The third kappa shape index (κ3) is 3.65. The summed E-state index contributed by atoms with van der Waals surface area (Å²) < 4.78 is 44.2. The maximum absolute atomic E-state index is 13.4. The number of nitrogens with zero attached hydrogens (tertiary/aromatic N) is 1. The van der Waals surface area contributed by atoms with Crippen molar-refractivity contribution in [2.45, 2.75) is 23.9 Å². The zero-order valence-corrected chi connectivity index (χ0v) is 17.6. The quantitative estimate of drug-likeness (QED) is 0.632. The fourth-order valence-electron chi connectivity index (χ4n) is 3.85. The molecule has 0 saturated carbocycles. The van der Waals surface area contributed by atoms with Gasteiger partial charge in [0, 0.05) is 13.0 Å². The fourth-order valence-corrected chi connectivity index (χ4v) is 5.41. The molecule has 1 atom stereocenters. The molecule has 5 rings (SSSR count). The molecule has 2 heterocycles. The van der Waals surface area contributed by atoms with Crippen molar-refractivity contribution in [2.24, 2.45) is 0 Å². The lowest BCUT2D eigenvalue weighted by Gasteiger charge is -2.33. The Hall–Kier alpha value is -3.56. The number of carbonyl (C=O) groups is 1. The van der Waals surface area contributed by atoms with Crippen molar-refractivity contribution in [1.29, 1.82) is 0 Å². The van der Waals surface area contributed by atoms with Crippen LogP contribution in [0.3, 0.4) is 0 Å². The summed E-state index contributed by atoms with van der Waals surface area (Å²) >= 11 is 0. The zero-order valence-electron chi connectivity index (χ0n) is 16.8. The molecule has 0 radical (unpaired) electrons. The van der Waals surface area contributed by atoms with Crippen molar-refractivity contribution >= 4 is 16.0 Å². The number of aliphatic carboxylic acids is 1. The molecule has 1 N–H and O–H groups in total. The van der Waals surface area contributed by atoms with Crippen LogP contribution in [0.1, 0.15) is 11.1 Å². The average molecular weight is 453 g/mol. The van der Waals surface area contributed by atoms with Crippen LogP contribution in [0, 0.1) is 0 Å². The maximum atomic E-state index is 13.4. The van der Waals surface area contributed by atoms with E-state index in [0.29, 0.717) is 28.6 Å². The molecule has 0 amide bonds. The first kappa shape index (κ1) is 20.3. The number of ether oxygens (including phenoxy) is 3. The van der Waals surface area contributed by atoms with Gasteiger partial charge in [0.1, 0.15) is 17.5 Å². The predicted octanol–water partition coefficient (Wildman–Crippen LogP) is 3.41. The molecule has 3 aromatic rings. The van der Waals surface area contributed by atoms with E-state index in [4.69, 9.17) is 14.2 Å². The van der Waals surface area contributed by atoms with Gasteiger partial charge in [-0.25, -0.2) is 8.42 Å². The molecule has 0 bridgehead atoms. The Labute approximate surface area is 184 Å². The van der Waals surface area contributed by atoms with Crippen LogP contribution in [0.4, 0.5) is 0 Å². The number of para-hydroxylation sites is 1. The van der Waals surface area contributed by atoms with Gasteiger partial charge in [-0.05, 0) is 59.7 Å². The molecule has 0 spiro atoms. The molecule has 2 aliphatic heterocycles. The average Bonchev–Trinajstić information content (AvgIpc) is 3.25. The van der Waals surface area contributed by atoms with Crippen molar-refractivity contribution in [3.05, 3.63) is 77.9 Å². The lowest BCUT2D eigenvalue weighted by molar-refractivity contribution is -0.141. The van der Waals surface area contributed by atoms with Crippen molar-refractivity contribution in [3.63, 3.8) is 0 Å². The predicted molar refractivity (Wildman–Crippen MR) is 113 cm³/mol. The first-order chi connectivity index (χ1) is 15.4. The van der Waals surface area contributed by atoms with Gasteiger partial charge >= 0.3 is 5.97 Å². The number of fused-ring (bicyclic) bond motifs is 2. The SMILES string of the molecule is O=C(O)[C@H]1Cc2cc3c(cc2CN1S(=O)(=O)c1ccc(Oc2ccccc2)cc1)OCO3. The molecule has 0 unspecified atom stereocenters. The molecule has 164 valence electrons. The zero-order chi connectivity index (χ0) is 22.3. The van der Waals surface area contributed by atoms with Crippen LogP contribution in [0.2, 0.25) is 0 Å². The fraction of sp³-hybridized carbons (Fsp3) is 0.174. The second-order valence-electron chi connectivity index (χ2n) is 7.47. The third-order valence-electron chi connectivity index (χ3n) is 5.48. The van der Waals surface area contributed by atoms with Crippen LogP contribution in [-0.4, -0.2) is 36.6 Å². The van der Waals surface area contributed by atoms with Gasteiger partial charge < -0.3 is 19.3 Å².